The number of carbonyl (C=O) groups excluding carboxylic acids is 1. The molecule has 7 rings (SSSR count). The van der Waals surface area contributed by atoms with E-state index in [-0.39, 0.29) is 34.9 Å². The molecule has 0 unspecified atom stereocenters. The maximum Gasteiger partial charge on any atom is 0.335 e. The van der Waals surface area contributed by atoms with Crippen molar-refractivity contribution in [2.24, 2.45) is 4.99 Å². The number of aliphatic imine (C=N–C) groups is 1. The zero-order valence-corrected chi connectivity index (χ0v) is 26.5. The summed E-state index contributed by atoms with van der Waals surface area (Å²) in [5.74, 6) is 4.97. The van der Waals surface area contributed by atoms with Gasteiger partial charge in [0.2, 0.25) is 0 Å². The lowest BCUT2D eigenvalue weighted by molar-refractivity contribution is 0.0564. The SMILES string of the molecule is O=C(O)c1ccc(C#CCN2CCN([C@H]3CC4=C(c5ccn(C(F)F)n5)[C@H](c5ccc(F)cc5Cl)N=C(c5nccs5)N4C3)C2=O)cc1. The van der Waals surface area contributed by atoms with Crippen LogP contribution in [0.1, 0.15) is 51.2 Å². The number of benzene rings is 2. The van der Waals surface area contributed by atoms with Crippen molar-refractivity contribution in [1.82, 2.24) is 29.5 Å². The van der Waals surface area contributed by atoms with Gasteiger partial charge in [0.05, 0.1) is 23.8 Å². The molecule has 10 nitrogen and oxygen atoms in total. The van der Waals surface area contributed by atoms with Crippen LogP contribution in [0.3, 0.4) is 0 Å². The number of carboxylic acid groups (broad SMARTS) is 1. The summed E-state index contributed by atoms with van der Waals surface area (Å²) in [5.41, 5.74) is 2.81. The molecular weight excluding hydrogens is 667 g/mol. The first kappa shape index (κ1) is 31.5. The lowest BCUT2D eigenvalue weighted by Gasteiger charge is -2.32. The lowest BCUT2D eigenvalue weighted by Crippen LogP contribution is -2.42. The topological polar surface area (TPSA) is 107 Å². The van der Waals surface area contributed by atoms with E-state index in [1.807, 2.05) is 10.3 Å². The van der Waals surface area contributed by atoms with Gasteiger partial charge in [-0.05, 0) is 42.5 Å². The van der Waals surface area contributed by atoms with Crippen molar-refractivity contribution in [3.63, 3.8) is 0 Å². The number of aromatic nitrogens is 3. The fraction of sp³-hybridized carbons (Fsp3) is 0.242. The Morgan fingerprint density at radius 3 is 2.65 bits per heavy atom. The van der Waals surface area contributed by atoms with Gasteiger partial charge in [-0.3, -0.25) is 4.99 Å². The van der Waals surface area contributed by atoms with E-state index in [0.29, 0.717) is 58.3 Å². The van der Waals surface area contributed by atoms with Gasteiger partial charge >= 0.3 is 18.5 Å². The van der Waals surface area contributed by atoms with Crippen molar-refractivity contribution >= 4 is 46.3 Å². The Morgan fingerprint density at radius 1 is 1.15 bits per heavy atom. The van der Waals surface area contributed by atoms with Crippen LogP contribution in [0.15, 0.2) is 77.0 Å². The summed E-state index contributed by atoms with van der Waals surface area (Å²) in [6.45, 7) is -1.40. The molecule has 4 aromatic rings. The third kappa shape index (κ3) is 5.91. The molecule has 2 aromatic carbocycles. The minimum Gasteiger partial charge on any atom is -0.478 e. The Bertz CT molecular complexity index is 2020. The standard InChI is InChI=1S/C33H25ClF3N7O3S/c34-24-16-21(35)7-8-23(24)28-27(25-9-12-44(40-25)32(36)37)26-17-22(18-43(26)29(39-28)30-38-10-15-48-30)42-14-13-41(33(42)47)11-1-2-19-3-5-20(6-4-19)31(45)46/h3-10,12,15-16,22,28,32H,11,13-14,17-18H2,(H,45,46)/t22-,28-/m0/s1. The number of carbonyl (C=O) groups is 2. The van der Waals surface area contributed by atoms with Crippen molar-refractivity contribution in [2.45, 2.75) is 25.1 Å². The summed E-state index contributed by atoms with van der Waals surface area (Å²) in [6, 6.07) is 10.4. The van der Waals surface area contributed by atoms with Crippen LogP contribution in [0, 0.1) is 17.7 Å². The fourth-order valence-corrected chi connectivity index (χ4v) is 7.07. The average molecular weight is 692 g/mol. The van der Waals surface area contributed by atoms with Crippen LogP contribution in [-0.2, 0) is 0 Å². The average Bonchev–Trinajstić information content (AvgIpc) is 3.88. The predicted molar refractivity (Wildman–Crippen MR) is 172 cm³/mol. The number of amides is 2. The Hall–Kier alpha value is -5.13. The molecule has 3 aliphatic rings. The van der Waals surface area contributed by atoms with Gasteiger partial charge in [0.25, 0.3) is 0 Å². The number of fused-ring (bicyclic) bond motifs is 1. The molecule has 48 heavy (non-hydrogen) atoms. The second-order valence-corrected chi connectivity index (χ2v) is 12.5. The van der Waals surface area contributed by atoms with Crippen molar-refractivity contribution in [2.75, 3.05) is 26.2 Å². The van der Waals surface area contributed by atoms with E-state index in [2.05, 4.69) is 21.9 Å². The zero-order valence-electron chi connectivity index (χ0n) is 24.9. The Kier molecular flexibility index (Phi) is 8.40. The van der Waals surface area contributed by atoms with E-state index in [0.717, 1.165) is 5.70 Å². The number of nitrogens with zero attached hydrogens (tertiary/aromatic N) is 7. The molecule has 1 N–H and O–H groups in total. The maximum atomic E-state index is 14.1. The molecule has 0 saturated carbocycles. The first-order valence-electron chi connectivity index (χ1n) is 14.8. The summed E-state index contributed by atoms with van der Waals surface area (Å²) in [6.07, 6.45) is 3.22. The molecule has 2 fully saturated rings. The number of alkyl halides is 2. The number of hydrogen-bond donors (Lipinski definition) is 1. The van der Waals surface area contributed by atoms with Crippen molar-refractivity contribution in [3.05, 3.63) is 110 Å². The number of urea groups is 1. The Balaban J connectivity index is 1.21. The van der Waals surface area contributed by atoms with Crippen LogP contribution in [0.4, 0.5) is 18.0 Å². The smallest absolute Gasteiger partial charge is 0.335 e. The first-order valence-corrected chi connectivity index (χ1v) is 16.1. The summed E-state index contributed by atoms with van der Waals surface area (Å²) in [4.78, 5) is 39.7. The molecule has 0 radical (unpaired) electrons. The number of rotatable bonds is 7. The summed E-state index contributed by atoms with van der Waals surface area (Å²) in [7, 11) is 0. The minimum atomic E-state index is -2.86. The third-order valence-electron chi connectivity index (χ3n) is 8.41. The molecular formula is C33H25ClF3N7O3S. The van der Waals surface area contributed by atoms with Crippen LogP contribution in [-0.4, -0.2) is 84.6 Å². The fourth-order valence-electron chi connectivity index (χ4n) is 6.16. The molecule has 244 valence electrons. The highest BCUT2D eigenvalue weighted by atomic mass is 35.5. The Morgan fingerprint density at radius 2 is 1.96 bits per heavy atom. The molecule has 0 aliphatic carbocycles. The van der Waals surface area contributed by atoms with E-state index in [1.165, 1.54) is 53.9 Å². The van der Waals surface area contributed by atoms with Crippen LogP contribution >= 0.6 is 22.9 Å². The van der Waals surface area contributed by atoms with Crippen molar-refractivity contribution < 1.29 is 27.9 Å². The van der Waals surface area contributed by atoms with Gasteiger partial charge < -0.3 is 19.8 Å². The number of hydrogen-bond acceptors (Lipinski definition) is 7. The molecule has 2 saturated heterocycles. The van der Waals surface area contributed by atoms with E-state index < -0.39 is 24.4 Å². The van der Waals surface area contributed by atoms with Crippen LogP contribution in [0.25, 0.3) is 5.57 Å². The minimum absolute atomic E-state index is 0.126. The lowest BCUT2D eigenvalue weighted by atomic mass is 9.92. The van der Waals surface area contributed by atoms with Crippen molar-refractivity contribution in [1.29, 1.82) is 0 Å². The van der Waals surface area contributed by atoms with E-state index >= 15 is 0 Å². The second-order valence-electron chi connectivity index (χ2n) is 11.2. The van der Waals surface area contributed by atoms with E-state index in [9.17, 15) is 22.8 Å². The molecule has 5 heterocycles. The summed E-state index contributed by atoms with van der Waals surface area (Å²) in [5, 5.41) is 15.8. The quantitative estimate of drug-likeness (QED) is 0.238. The maximum absolute atomic E-state index is 14.1. The van der Waals surface area contributed by atoms with Gasteiger partial charge in [0, 0.05) is 71.2 Å². The number of aromatic carboxylic acids is 1. The first-order chi connectivity index (χ1) is 23.2. The highest BCUT2D eigenvalue weighted by Gasteiger charge is 2.45. The van der Waals surface area contributed by atoms with Crippen molar-refractivity contribution in [3.8, 4) is 11.8 Å². The van der Waals surface area contributed by atoms with Gasteiger partial charge in [-0.25, -0.2) is 23.6 Å². The monoisotopic (exact) mass is 691 g/mol. The largest absolute Gasteiger partial charge is 0.478 e. The van der Waals surface area contributed by atoms with Crippen LogP contribution in [0.2, 0.25) is 5.02 Å². The number of halogens is 4. The van der Waals surface area contributed by atoms with Gasteiger partial charge in [0.1, 0.15) is 11.9 Å². The molecule has 3 aliphatic heterocycles. The molecule has 2 amide bonds. The molecule has 2 atom stereocenters. The van der Waals surface area contributed by atoms with Gasteiger partial charge in [-0.1, -0.05) is 29.5 Å². The second kappa shape index (κ2) is 12.8. The Labute approximate surface area is 281 Å². The highest BCUT2D eigenvalue weighted by molar-refractivity contribution is 7.11. The molecule has 0 bridgehead atoms. The number of thiazole rings is 1. The van der Waals surface area contributed by atoms with E-state index in [1.54, 1.807) is 28.1 Å². The van der Waals surface area contributed by atoms with Gasteiger partial charge in [-0.2, -0.15) is 13.9 Å². The van der Waals surface area contributed by atoms with Crippen LogP contribution < -0.4 is 0 Å². The predicted octanol–water partition coefficient (Wildman–Crippen LogP) is 6.00. The molecule has 2 aromatic heterocycles. The molecule has 0 spiro atoms. The van der Waals surface area contributed by atoms with Crippen LogP contribution in [0.5, 0.6) is 0 Å². The normalized spacial score (nSPS) is 19.1. The number of amidine groups is 1. The molecule has 15 heteroatoms. The highest BCUT2D eigenvalue weighted by Crippen LogP contribution is 2.47. The van der Waals surface area contributed by atoms with Gasteiger partial charge in [0.15, 0.2) is 10.8 Å². The third-order valence-corrected chi connectivity index (χ3v) is 9.50. The summed E-state index contributed by atoms with van der Waals surface area (Å²) < 4.78 is 42.0. The van der Waals surface area contributed by atoms with Gasteiger partial charge in [-0.15, -0.1) is 11.3 Å². The zero-order chi connectivity index (χ0) is 33.5. The van der Waals surface area contributed by atoms with E-state index in [4.69, 9.17) is 21.7 Å². The number of carboxylic acids is 1. The summed E-state index contributed by atoms with van der Waals surface area (Å²) >= 11 is 7.94.